The van der Waals surface area contributed by atoms with Crippen LogP contribution >= 0.6 is 0 Å². The van der Waals surface area contributed by atoms with E-state index < -0.39 is 23.1 Å². The number of carbonyl (C=O) groups is 1. The monoisotopic (exact) mass is 398 g/mol. The van der Waals surface area contributed by atoms with E-state index in [1.54, 1.807) is 7.05 Å². The van der Waals surface area contributed by atoms with Crippen LogP contribution in [0, 0.1) is 11.6 Å². The van der Waals surface area contributed by atoms with Crippen LogP contribution in [-0.4, -0.2) is 38.2 Å². The van der Waals surface area contributed by atoms with Gasteiger partial charge < -0.3 is 4.90 Å². The maximum atomic E-state index is 14.1. The van der Waals surface area contributed by atoms with Gasteiger partial charge in [0.05, 0.1) is 5.69 Å². The van der Waals surface area contributed by atoms with Gasteiger partial charge in [0.1, 0.15) is 23.0 Å². The summed E-state index contributed by atoms with van der Waals surface area (Å²) in [7, 11) is 1.58. The first-order chi connectivity index (χ1) is 14.0. The number of hydrogen-bond acceptors (Lipinski definition) is 3. The number of rotatable bonds is 3. The molecule has 0 bridgehead atoms. The zero-order valence-corrected chi connectivity index (χ0v) is 15.9. The van der Waals surface area contributed by atoms with Crippen LogP contribution in [0.1, 0.15) is 34.9 Å². The number of para-hydroxylation sites is 1. The zero-order chi connectivity index (χ0) is 20.5. The molecule has 0 aliphatic carbocycles. The molecule has 0 saturated carbocycles. The largest absolute Gasteiger partial charge is 0.350 e. The van der Waals surface area contributed by atoms with E-state index >= 15 is 0 Å². The van der Waals surface area contributed by atoms with Crippen molar-refractivity contribution in [1.82, 2.24) is 19.2 Å². The number of hydrogen-bond donors (Lipinski definition) is 0. The molecule has 6 nitrogen and oxygen atoms in total. The normalized spacial score (nSPS) is 16.8. The summed E-state index contributed by atoms with van der Waals surface area (Å²) in [6.45, 7) is 0.626. The Morgan fingerprint density at radius 1 is 1.07 bits per heavy atom. The summed E-state index contributed by atoms with van der Waals surface area (Å²) in [5, 5.41) is 4.39. The van der Waals surface area contributed by atoms with Gasteiger partial charge in [0, 0.05) is 26.1 Å². The number of piperidine rings is 1. The number of carbonyl (C=O) groups excluding carboxylic acids is 1. The van der Waals surface area contributed by atoms with Gasteiger partial charge in [0.15, 0.2) is 0 Å². The van der Waals surface area contributed by atoms with Gasteiger partial charge >= 0.3 is 5.69 Å². The second-order valence-electron chi connectivity index (χ2n) is 7.12. The van der Waals surface area contributed by atoms with Gasteiger partial charge in [-0.25, -0.2) is 22.8 Å². The summed E-state index contributed by atoms with van der Waals surface area (Å²) in [4.78, 5) is 26.9. The van der Waals surface area contributed by atoms with E-state index in [2.05, 4.69) is 5.10 Å². The highest BCUT2D eigenvalue weighted by molar-refractivity contribution is 5.94. The van der Waals surface area contributed by atoms with Crippen molar-refractivity contribution < 1.29 is 13.6 Å². The van der Waals surface area contributed by atoms with E-state index in [1.165, 1.54) is 20.2 Å². The molecule has 0 spiro atoms. The Morgan fingerprint density at radius 3 is 2.45 bits per heavy atom. The number of benzene rings is 2. The van der Waals surface area contributed by atoms with Crippen LogP contribution in [0.5, 0.6) is 0 Å². The van der Waals surface area contributed by atoms with Gasteiger partial charge in [-0.2, -0.15) is 5.10 Å². The first-order valence-electron chi connectivity index (χ1n) is 9.42. The second kappa shape index (κ2) is 7.62. The van der Waals surface area contributed by atoms with Crippen LogP contribution in [0.25, 0.3) is 5.69 Å². The Balaban J connectivity index is 1.67. The first-order valence-corrected chi connectivity index (χ1v) is 9.42. The predicted octanol–water partition coefficient (Wildman–Crippen LogP) is 2.87. The minimum atomic E-state index is -0.879. The standard InChI is InChI=1S/C21H20F2N4O2/c1-25-21(29)27(15-8-3-2-4-9-15)19(24-25)14-7-6-12-26(13-14)20(28)18-16(22)10-5-11-17(18)23/h2-5,8-11,14H,6-7,12-13H2,1H3. The topological polar surface area (TPSA) is 60.1 Å². The lowest BCUT2D eigenvalue weighted by molar-refractivity contribution is 0.0694. The van der Waals surface area contributed by atoms with Crippen molar-refractivity contribution in [3.8, 4) is 5.69 Å². The van der Waals surface area contributed by atoms with Gasteiger partial charge in [-0.05, 0) is 37.1 Å². The summed E-state index contributed by atoms with van der Waals surface area (Å²) >= 11 is 0. The average molecular weight is 398 g/mol. The van der Waals surface area contributed by atoms with E-state index in [0.717, 1.165) is 12.1 Å². The van der Waals surface area contributed by atoms with Crippen LogP contribution in [0.4, 0.5) is 8.78 Å². The van der Waals surface area contributed by atoms with Crippen molar-refractivity contribution in [2.45, 2.75) is 18.8 Å². The predicted molar refractivity (Wildman–Crippen MR) is 103 cm³/mol. The smallest absolute Gasteiger partial charge is 0.338 e. The molecule has 1 amide bonds. The Kier molecular flexibility index (Phi) is 5.00. The maximum Gasteiger partial charge on any atom is 0.350 e. The Hall–Kier alpha value is -3.29. The molecule has 1 unspecified atom stereocenters. The molecule has 150 valence electrons. The fraction of sp³-hybridized carbons (Fsp3) is 0.286. The summed E-state index contributed by atoms with van der Waals surface area (Å²) < 4.78 is 30.9. The average Bonchev–Trinajstić information content (AvgIpc) is 3.03. The van der Waals surface area contributed by atoms with E-state index in [0.29, 0.717) is 30.9 Å². The number of likely N-dealkylation sites (tertiary alicyclic amines) is 1. The highest BCUT2D eigenvalue weighted by Crippen LogP contribution is 2.28. The van der Waals surface area contributed by atoms with E-state index in [-0.39, 0.29) is 18.2 Å². The molecule has 1 atom stereocenters. The van der Waals surface area contributed by atoms with Crippen LogP contribution < -0.4 is 5.69 Å². The van der Waals surface area contributed by atoms with Gasteiger partial charge in [-0.15, -0.1) is 0 Å². The number of halogens is 2. The maximum absolute atomic E-state index is 14.1. The third-order valence-electron chi connectivity index (χ3n) is 5.21. The molecule has 1 aromatic heterocycles. The Bertz CT molecular complexity index is 1090. The molecular formula is C21H20F2N4O2. The van der Waals surface area contributed by atoms with Gasteiger partial charge in [-0.1, -0.05) is 24.3 Å². The van der Waals surface area contributed by atoms with Crippen LogP contribution in [0.2, 0.25) is 0 Å². The van der Waals surface area contributed by atoms with Gasteiger partial charge in [-0.3, -0.25) is 4.79 Å². The van der Waals surface area contributed by atoms with Gasteiger partial charge in [0.2, 0.25) is 0 Å². The lowest BCUT2D eigenvalue weighted by atomic mass is 9.96. The Morgan fingerprint density at radius 2 is 1.76 bits per heavy atom. The fourth-order valence-electron chi connectivity index (χ4n) is 3.80. The minimum Gasteiger partial charge on any atom is -0.338 e. The van der Waals surface area contributed by atoms with Crippen molar-refractivity contribution in [3.63, 3.8) is 0 Å². The van der Waals surface area contributed by atoms with Crippen LogP contribution in [0.15, 0.2) is 53.3 Å². The van der Waals surface area contributed by atoms with Crippen molar-refractivity contribution in [1.29, 1.82) is 0 Å². The SMILES string of the molecule is Cn1nc(C2CCCN(C(=O)c3c(F)cccc3F)C2)n(-c2ccccc2)c1=O. The molecule has 1 fully saturated rings. The fourth-order valence-corrected chi connectivity index (χ4v) is 3.80. The lowest BCUT2D eigenvalue weighted by Crippen LogP contribution is -2.40. The minimum absolute atomic E-state index is 0.225. The zero-order valence-electron chi connectivity index (χ0n) is 15.9. The summed E-state index contributed by atoms with van der Waals surface area (Å²) in [6.07, 6.45) is 1.36. The van der Waals surface area contributed by atoms with Crippen molar-refractivity contribution in [2.24, 2.45) is 7.05 Å². The molecular weight excluding hydrogens is 378 g/mol. The third-order valence-corrected chi connectivity index (χ3v) is 5.21. The molecule has 8 heteroatoms. The van der Waals surface area contributed by atoms with Crippen LogP contribution in [0.3, 0.4) is 0 Å². The van der Waals surface area contributed by atoms with Crippen molar-refractivity contribution in [2.75, 3.05) is 13.1 Å². The highest BCUT2D eigenvalue weighted by atomic mass is 19.1. The number of aryl methyl sites for hydroxylation is 1. The summed E-state index contributed by atoms with van der Waals surface area (Å²) in [5.74, 6) is -2.13. The Labute approximate surface area is 166 Å². The van der Waals surface area contributed by atoms with Gasteiger partial charge in [0.25, 0.3) is 5.91 Å². The van der Waals surface area contributed by atoms with E-state index in [4.69, 9.17) is 0 Å². The molecule has 2 heterocycles. The third kappa shape index (κ3) is 3.46. The lowest BCUT2D eigenvalue weighted by Gasteiger charge is -2.32. The van der Waals surface area contributed by atoms with E-state index in [9.17, 15) is 18.4 Å². The molecule has 0 N–H and O–H groups in total. The molecule has 29 heavy (non-hydrogen) atoms. The molecule has 3 aromatic rings. The second-order valence-corrected chi connectivity index (χ2v) is 7.12. The summed E-state index contributed by atoms with van der Waals surface area (Å²) in [5.41, 5.74) is -0.145. The molecule has 0 radical (unpaired) electrons. The van der Waals surface area contributed by atoms with Crippen LogP contribution in [-0.2, 0) is 7.05 Å². The number of nitrogens with zero attached hydrogens (tertiary/aromatic N) is 4. The van der Waals surface area contributed by atoms with Crippen molar-refractivity contribution in [3.05, 3.63) is 82.0 Å². The number of amides is 1. The number of aromatic nitrogens is 3. The highest BCUT2D eigenvalue weighted by Gasteiger charge is 2.32. The quantitative estimate of drug-likeness (QED) is 0.682. The molecule has 1 aliphatic rings. The molecule has 1 saturated heterocycles. The molecule has 1 aliphatic heterocycles. The molecule has 2 aromatic carbocycles. The van der Waals surface area contributed by atoms with Crippen molar-refractivity contribution >= 4 is 5.91 Å². The van der Waals surface area contributed by atoms with E-state index in [1.807, 2.05) is 30.3 Å². The first kappa shape index (κ1) is 19.0. The molecule has 4 rings (SSSR count). The summed E-state index contributed by atoms with van der Waals surface area (Å²) in [6, 6.07) is 12.5.